The van der Waals surface area contributed by atoms with Gasteiger partial charge in [-0.05, 0) is 30.0 Å². The molecule has 0 heterocycles. The van der Waals surface area contributed by atoms with Crippen LogP contribution < -0.4 is 0 Å². The first-order chi connectivity index (χ1) is 8.20. The van der Waals surface area contributed by atoms with E-state index < -0.39 is 0 Å². The van der Waals surface area contributed by atoms with Crippen LogP contribution in [-0.4, -0.2) is 17.9 Å². The molecule has 1 rings (SSSR count). The number of carbonyl (C=O) groups excluding carboxylic acids is 1. The summed E-state index contributed by atoms with van der Waals surface area (Å²) in [6.45, 7) is 8.26. The Hall–Kier alpha value is -1.02. The highest BCUT2D eigenvalue weighted by Crippen LogP contribution is 2.25. The number of benzene rings is 1. The highest BCUT2D eigenvalue weighted by molar-refractivity contribution is 6.30. The first-order valence-electron chi connectivity index (χ1n) is 6.22. The second-order valence-corrected chi connectivity index (χ2v) is 6.41. The van der Waals surface area contributed by atoms with Crippen LogP contribution in [0, 0.1) is 5.41 Å². The summed E-state index contributed by atoms with van der Waals surface area (Å²) in [5.41, 5.74) is 1.12. The van der Waals surface area contributed by atoms with Gasteiger partial charge in [0.2, 0.25) is 5.91 Å². The lowest BCUT2D eigenvalue weighted by Gasteiger charge is -2.28. The van der Waals surface area contributed by atoms with E-state index in [-0.39, 0.29) is 17.4 Å². The van der Waals surface area contributed by atoms with Gasteiger partial charge in [-0.3, -0.25) is 4.79 Å². The second-order valence-electron chi connectivity index (χ2n) is 5.97. The van der Waals surface area contributed by atoms with E-state index in [1.165, 1.54) is 0 Å². The Kier molecular flexibility index (Phi) is 4.80. The second kappa shape index (κ2) is 5.75. The van der Waals surface area contributed by atoms with Crippen LogP contribution in [0.5, 0.6) is 0 Å². The van der Waals surface area contributed by atoms with Gasteiger partial charge in [-0.15, -0.1) is 0 Å². The average molecular weight is 268 g/mol. The lowest BCUT2D eigenvalue weighted by atomic mass is 9.91. The van der Waals surface area contributed by atoms with Gasteiger partial charge < -0.3 is 4.90 Å². The van der Waals surface area contributed by atoms with Crippen molar-refractivity contribution in [2.24, 2.45) is 5.41 Å². The van der Waals surface area contributed by atoms with Crippen molar-refractivity contribution in [3.63, 3.8) is 0 Å². The molecule has 0 spiro atoms. The van der Waals surface area contributed by atoms with Crippen molar-refractivity contribution in [3.8, 4) is 0 Å². The molecule has 0 radical (unpaired) electrons. The van der Waals surface area contributed by atoms with Crippen molar-refractivity contribution >= 4 is 17.5 Å². The maximum absolute atomic E-state index is 12.1. The SMILES string of the molecule is CC(c1ccc(Cl)cc1)N(C)C(=O)CC(C)(C)C. The predicted molar refractivity (Wildman–Crippen MR) is 76.7 cm³/mol. The Bertz CT molecular complexity index is 405. The summed E-state index contributed by atoms with van der Waals surface area (Å²) in [6, 6.07) is 7.71. The van der Waals surface area contributed by atoms with Gasteiger partial charge in [0.1, 0.15) is 0 Å². The van der Waals surface area contributed by atoms with E-state index in [0.29, 0.717) is 6.42 Å². The first kappa shape index (κ1) is 15.0. The van der Waals surface area contributed by atoms with Crippen molar-refractivity contribution in [1.29, 1.82) is 0 Å². The Balaban J connectivity index is 2.74. The van der Waals surface area contributed by atoms with Gasteiger partial charge in [0.15, 0.2) is 0 Å². The highest BCUT2D eigenvalue weighted by Gasteiger charge is 2.22. The number of rotatable bonds is 3. The zero-order valence-electron chi connectivity index (χ0n) is 11.8. The smallest absolute Gasteiger partial charge is 0.223 e. The summed E-state index contributed by atoms with van der Waals surface area (Å²) < 4.78 is 0. The van der Waals surface area contributed by atoms with Gasteiger partial charge in [0.05, 0.1) is 6.04 Å². The fourth-order valence-corrected chi connectivity index (χ4v) is 1.89. The number of hydrogen-bond donors (Lipinski definition) is 0. The average Bonchev–Trinajstić information content (AvgIpc) is 2.26. The molecule has 0 bridgehead atoms. The summed E-state index contributed by atoms with van der Waals surface area (Å²) in [5, 5.41) is 0.717. The molecule has 2 nitrogen and oxygen atoms in total. The quantitative estimate of drug-likeness (QED) is 0.800. The third kappa shape index (κ3) is 4.34. The molecule has 1 amide bonds. The molecule has 0 aliphatic rings. The van der Waals surface area contributed by atoms with Crippen molar-refractivity contribution in [2.75, 3.05) is 7.05 Å². The van der Waals surface area contributed by atoms with Crippen molar-refractivity contribution in [2.45, 2.75) is 40.2 Å². The van der Waals surface area contributed by atoms with Crippen LogP contribution in [0.2, 0.25) is 5.02 Å². The number of nitrogens with zero attached hydrogens (tertiary/aromatic N) is 1. The van der Waals surface area contributed by atoms with Crippen molar-refractivity contribution < 1.29 is 4.79 Å². The summed E-state index contributed by atoms with van der Waals surface area (Å²) in [4.78, 5) is 13.9. The molecule has 0 aliphatic carbocycles. The molecule has 0 aromatic heterocycles. The largest absolute Gasteiger partial charge is 0.339 e. The molecule has 0 saturated carbocycles. The highest BCUT2D eigenvalue weighted by atomic mass is 35.5. The van der Waals surface area contributed by atoms with Crippen LogP contribution >= 0.6 is 11.6 Å². The third-order valence-electron chi connectivity index (χ3n) is 3.01. The van der Waals surface area contributed by atoms with E-state index in [0.717, 1.165) is 10.6 Å². The molecule has 0 N–H and O–H groups in total. The predicted octanol–water partition coefficient (Wildman–Crippen LogP) is 4.30. The Morgan fingerprint density at radius 3 is 2.22 bits per heavy atom. The standard InChI is InChI=1S/C15H22ClNO/c1-11(12-6-8-13(16)9-7-12)17(5)14(18)10-15(2,3)4/h6-9,11H,10H2,1-5H3. The number of carbonyl (C=O) groups is 1. The monoisotopic (exact) mass is 267 g/mol. The summed E-state index contributed by atoms with van der Waals surface area (Å²) in [7, 11) is 1.85. The van der Waals surface area contributed by atoms with E-state index in [2.05, 4.69) is 20.8 Å². The Morgan fingerprint density at radius 1 is 1.28 bits per heavy atom. The van der Waals surface area contributed by atoms with Crippen LogP contribution in [0.3, 0.4) is 0 Å². The lowest BCUT2D eigenvalue weighted by molar-refractivity contribution is -0.133. The van der Waals surface area contributed by atoms with Crippen LogP contribution in [-0.2, 0) is 4.79 Å². The fraction of sp³-hybridized carbons (Fsp3) is 0.533. The molecule has 1 atom stereocenters. The molecule has 3 heteroatoms. The number of amides is 1. The minimum atomic E-state index is 0.0189. The topological polar surface area (TPSA) is 20.3 Å². The van der Waals surface area contributed by atoms with E-state index in [4.69, 9.17) is 11.6 Å². The maximum atomic E-state index is 12.1. The minimum absolute atomic E-state index is 0.0189. The number of halogens is 1. The molecule has 1 aromatic rings. The van der Waals surface area contributed by atoms with Crippen LogP contribution in [0.1, 0.15) is 45.7 Å². The molecular formula is C15H22ClNO. The molecule has 18 heavy (non-hydrogen) atoms. The molecule has 0 aliphatic heterocycles. The summed E-state index contributed by atoms with van der Waals surface area (Å²) in [5.74, 6) is 0.171. The zero-order chi connectivity index (χ0) is 13.9. The number of hydrogen-bond acceptors (Lipinski definition) is 1. The minimum Gasteiger partial charge on any atom is -0.339 e. The molecule has 0 saturated heterocycles. The third-order valence-corrected chi connectivity index (χ3v) is 3.26. The van der Waals surface area contributed by atoms with E-state index in [1.54, 1.807) is 4.90 Å². The van der Waals surface area contributed by atoms with Crippen LogP contribution in [0.4, 0.5) is 0 Å². The summed E-state index contributed by atoms with van der Waals surface area (Å²) in [6.07, 6.45) is 0.557. The maximum Gasteiger partial charge on any atom is 0.223 e. The van der Waals surface area contributed by atoms with Crippen LogP contribution in [0.25, 0.3) is 0 Å². The van der Waals surface area contributed by atoms with Gasteiger partial charge in [-0.1, -0.05) is 44.5 Å². The van der Waals surface area contributed by atoms with E-state index in [1.807, 2.05) is 38.2 Å². The van der Waals surface area contributed by atoms with Gasteiger partial charge in [-0.2, -0.15) is 0 Å². The van der Waals surface area contributed by atoms with E-state index in [9.17, 15) is 4.79 Å². The summed E-state index contributed by atoms with van der Waals surface area (Å²) >= 11 is 5.87. The van der Waals surface area contributed by atoms with Gasteiger partial charge >= 0.3 is 0 Å². The van der Waals surface area contributed by atoms with Crippen molar-refractivity contribution in [1.82, 2.24) is 4.90 Å². The first-order valence-corrected chi connectivity index (χ1v) is 6.59. The molecular weight excluding hydrogens is 246 g/mol. The molecule has 0 fully saturated rings. The Labute approximate surface area is 115 Å². The van der Waals surface area contributed by atoms with E-state index >= 15 is 0 Å². The van der Waals surface area contributed by atoms with Gasteiger partial charge in [0, 0.05) is 18.5 Å². The molecule has 1 aromatic carbocycles. The Morgan fingerprint density at radius 2 is 1.78 bits per heavy atom. The van der Waals surface area contributed by atoms with Gasteiger partial charge in [-0.25, -0.2) is 0 Å². The fourth-order valence-electron chi connectivity index (χ4n) is 1.76. The molecule has 1 unspecified atom stereocenters. The van der Waals surface area contributed by atoms with Crippen LogP contribution in [0.15, 0.2) is 24.3 Å². The zero-order valence-corrected chi connectivity index (χ0v) is 12.6. The molecule has 100 valence electrons. The lowest BCUT2D eigenvalue weighted by Crippen LogP contribution is -2.32. The normalized spacial score (nSPS) is 13.2. The van der Waals surface area contributed by atoms with Gasteiger partial charge in [0.25, 0.3) is 0 Å². The van der Waals surface area contributed by atoms with Crippen molar-refractivity contribution in [3.05, 3.63) is 34.9 Å².